The van der Waals surface area contributed by atoms with E-state index in [9.17, 15) is 14.7 Å². The minimum atomic E-state index is -1.32. The van der Waals surface area contributed by atoms with Crippen LogP contribution in [-0.2, 0) is 16.0 Å². The SMILES string of the molecule is COc1cc2nc(Cl)c(CC(NC(=O)OCC3c4ccccc4-c4ccccc43)C(=O)O)cc2c(OC)c1OC. The number of carbonyl (C=O) groups excluding carboxylic acids is 1. The molecule has 0 saturated carbocycles. The number of carboxylic acid groups (broad SMARTS) is 1. The number of nitrogens with zero attached hydrogens (tertiary/aromatic N) is 1. The van der Waals surface area contributed by atoms with E-state index in [1.54, 1.807) is 12.1 Å². The smallest absolute Gasteiger partial charge is 0.407 e. The summed E-state index contributed by atoms with van der Waals surface area (Å²) in [6.45, 7) is 0.0588. The summed E-state index contributed by atoms with van der Waals surface area (Å²) in [6.07, 6.45) is -0.984. The third kappa shape index (κ3) is 4.96. The van der Waals surface area contributed by atoms with Crippen LogP contribution in [0.2, 0.25) is 5.15 Å². The van der Waals surface area contributed by atoms with Crippen molar-refractivity contribution in [2.75, 3.05) is 27.9 Å². The Bertz CT molecular complexity index is 1560. The Kier molecular flexibility index (Phi) is 7.66. The number of alkyl carbamates (subject to hydrolysis) is 1. The second kappa shape index (κ2) is 11.3. The first-order valence-electron chi connectivity index (χ1n) is 12.5. The number of pyridine rings is 1. The maximum atomic E-state index is 12.8. The molecule has 1 amide bonds. The Morgan fingerprint density at radius 1 is 0.950 bits per heavy atom. The molecule has 2 N–H and O–H groups in total. The maximum Gasteiger partial charge on any atom is 0.407 e. The molecular weight excluding hydrogens is 536 g/mol. The molecule has 3 aromatic carbocycles. The standard InChI is InChI=1S/C30H27ClN2O7/c1-37-25-14-23-21(26(38-2)27(25)39-3)12-16(28(31)32-23)13-24(29(34)35)33-30(36)40-15-22-19-10-6-4-8-17(19)18-9-5-7-11-20(18)22/h4-12,14,22,24H,13,15H2,1-3H3,(H,33,36)(H,34,35). The van der Waals surface area contributed by atoms with Crippen LogP contribution in [0.1, 0.15) is 22.6 Å². The molecular formula is C30H27ClN2O7. The van der Waals surface area contributed by atoms with Crippen LogP contribution < -0.4 is 19.5 Å². The number of hydrogen-bond donors (Lipinski definition) is 2. The van der Waals surface area contributed by atoms with Gasteiger partial charge in [-0.2, -0.15) is 0 Å². The number of hydrogen-bond acceptors (Lipinski definition) is 7. The Morgan fingerprint density at radius 2 is 1.57 bits per heavy atom. The number of ether oxygens (including phenoxy) is 4. The molecule has 1 aliphatic carbocycles. The lowest BCUT2D eigenvalue weighted by Crippen LogP contribution is -2.43. The molecule has 9 nitrogen and oxygen atoms in total. The summed E-state index contributed by atoms with van der Waals surface area (Å²) in [5.41, 5.74) is 5.17. The lowest BCUT2D eigenvalue weighted by atomic mass is 9.98. The van der Waals surface area contributed by atoms with Crippen molar-refractivity contribution in [1.29, 1.82) is 0 Å². The largest absolute Gasteiger partial charge is 0.493 e. The van der Waals surface area contributed by atoms with E-state index in [0.29, 0.717) is 33.7 Å². The molecule has 0 bridgehead atoms. The second-order valence-electron chi connectivity index (χ2n) is 9.22. The molecule has 1 unspecified atom stereocenters. The van der Waals surface area contributed by atoms with Gasteiger partial charge < -0.3 is 29.4 Å². The first-order chi connectivity index (χ1) is 19.4. The first-order valence-corrected chi connectivity index (χ1v) is 12.9. The van der Waals surface area contributed by atoms with Crippen molar-refractivity contribution in [1.82, 2.24) is 10.3 Å². The van der Waals surface area contributed by atoms with Gasteiger partial charge in [0.15, 0.2) is 11.5 Å². The molecule has 206 valence electrons. The fraction of sp³-hybridized carbons (Fsp3) is 0.233. The fourth-order valence-electron chi connectivity index (χ4n) is 5.15. The Labute approximate surface area is 235 Å². The average molecular weight is 563 g/mol. The number of methoxy groups -OCH3 is 3. The van der Waals surface area contributed by atoms with E-state index < -0.39 is 18.1 Å². The molecule has 1 aromatic heterocycles. The minimum Gasteiger partial charge on any atom is -0.493 e. The summed E-state index contributed by atoms with van der Waals surface area (Å²) in [7, 11) is 4.45. The molecule has 0 aliphatic heterocycles. The van der Waals surface area contributed by atoms with Crippen LogP contribution in [0.15, 0.2) is 60.7 Å². The monoisotopic (exact) mass is 562 g/mol. The highest BCUT2D eigenvalue weighted by Crippen LogP contribution is 2.45. The first kappa shape index (κ1) is 27.1. The predicted octanol–water partition coefficient (Wildman–Crippen LogP) is 5.45. The second-order valence-corrected chi connectivity index (χ2v) is 9.57. The van der Waals surface area contributed by atoms with Crippen LogP contribution in [0, 0.1) is 0 Å². The van der Waals surface area contributed by atoms with Gasteiger partial charge in [0, 0.05) is 23.8 Å². The van der Waals surface area contributed by atoms with Crippen molar-refractivity contribution in [2.45, 2.75) is 18.4 Å². The third-order valence-electron chi connectivity index (χ3n) is 7.01. The van der Waals surface area contributed by atoms with Crippen molar-refractivity contribution in [2.24, 2.45) is 0 Å². The Morgan fingerprint density at radius 3 is 2.15 bits per heavy atom. The van der Waals surface area contributed by atoms with Gasteiger partial charge in [-0.3, -0.25) is 0 Å². The van der Waals surface area contributed by atoms with Crippen LogP contribution in [0.5, 0.6) is 17.2 Å². The summed E-state index contributed by atoms with van der Waals surface area (Å²) >= 11 is 6.44. The topological polar surface area (TPSA) is 116 Å². The number of aromatic nitrogens is 1. The van der Waals surface area contributed by atoms with E-state index in [4.69, 9.17) is 30.5 Å². The van der Waals surface area contributed by atoms with Gasteiger partial charge in [0.1, 0.15) is 17.8 Å². The number of rotatable bonds is 9. The molecule has 1 aliphatic rings. The quantitative estimate of drug-likeness (QED) is 0.259. The number of benzene rings is 3. The number of nitrogens with one attached hydrogen (secondary N) is 1. The predicted molar refractivity (Wildman–Crippen MR) is 150 cm³/mol. The van der Waals surface area contributed by atoms with Gasteiger partial charge in [-0.05, 0) is 33.9 Å². The van der Waals surface area contributed by atoms with Crippen LogP contribution in [0.25, 0.3) is 22.0 Å². The summed E-state index contributed by atoms with van der Waals surface area (Å²) in [5.74, 6) is -0.273. The highest BCUT2D eigenvalue weighted by Gasteiger charge is 2.30. The maximum absolute atomic E-state index is 12.8. The van der Waals surface area contributed by atoms with E-state index in [0.717, 1.165) is 22.3 Å². The van der Waals surface area contributed by atoms with Gasteiger partial charge in [0.05, 0.1) is 26.8 Å². The molecule has 0 spiro atoms. The van der Waals surface area contributed by atoms with Crippen LogP contribution in [0.4, 0.5) is 4.79 Å². The Hall–Kier alpha value is -4.50. The van der Waals surface area contributed by atoms with E-state index in [1.807, 2.05) is 48.5 Å². The van der Waals surface area contributed by atoms with Gasteiger partial charge in [-0.15, -0.1) is 0 Å². The van der Waals surface area contributed by atoms with E-state index >= 15 is 0 Å². The molecule has 10 heteroatoms. The fourth-order valence-corrected chi connectivity index (χ4v) is 5.38. The number of carboxylic acids is 1. The molecule has 0 radical (unpaired) electrons. The summed E-state index contributed by atoms with van der Waals surface area (Å²) in [4.78, 5) is 29.3. The van der Waals surface area contributed by atoms with E-state index in [-0.39, 0.29) is 24.1 Å². The van der Waals surface area contributed by atoms with Crippen LogP contribution in [-0.4, -0.2) is 56.1 Å². The van der Waals surface area contributed by atoms with Crippen molar-refractivity contribution in [3.8, 4) is 28.4 Å². The molecule has 1 atom stereocenters. The number of aliphatic carboxylic acids is 1. The Balaban J connectivity index is 1.34. The van der Waals surface area contributed by atoms with Gasteiger partial charge >= 0.3 is 12.1 Å². The van der Waals surface area contributed by atoms with Crippen molar-refractivity contribution < 1.29 is 33.6 Å². The molecule has 1 heterocycles. The van der Waals surface area contributed by atoms with Crippen molar-refractivity contribution >= 4 is 34.6 Å². The lowest BCUT2D eigenvalue weighted by Gasteiger charge is -2.19. The van der Waals surface area contributed by atoms with Gasteiger partial charge in [0.2, 0.25) is 5.75 Å². The average Bonchev–Trinajstić information content (AvgIpc) is 3.28. The third-order valence-corrected chi connectivity index (χ3v) is 7.33. The lowest BCUT2D eigenvalue weighted by molar-refractivity contribution is -0.139. The number of fused-ring (bicyclic) bond motifs is 4. The number of carbonyl (C=O) groups is 2. The van der Waals surface area contributed by atoms with Gasteiger partial charge in [0.25, 0.3) is 0 Å². The van der Waals surface area contributed by atoms with Gasteiger partial charge in [-0.25, -0.2) is 14.6 Å². The van der Waals surface area contributed by atoms with E-state index in [1.165, 1.54) is 21.3 Å². The number of halogens is 1. The van der Waals surface area contributed by atoms with Crippen molar-refractivity contribution in [3.05, 3.63) is 82.5 Å². The summed E-state index contributed by atoms with van der Waals surface area (Å²) in [6, 6.07) is 17.9. The summed E-state index contributed by atoms with van der Waals surface area (Å²) in [5, 5.41) is 13.0. The zero-order valence-electron chi connectivity index (χ0n) is 22.1. The molecule has 40 heavy (non-hydrogen) atoms. The van der Waals surface area contributed by atoms with Gasteiger partial charge in [-0.1, -0.05) is 60.1 Å². The molecule has 5 rings (SSSR count). The zero-order valence-corrected chi connectivity index (χ0v) is 22.8. The minimum absolute atomic E-state index is 0.0588. The van der Waals surface area contributed by atoms with Crippen LogP contribution >= 0.6 is 11.6 Å². The number of amides is 1. The normalized spacial score (nSPS) is 12.8. The van der Waals surface area contributed by atoms with E-state index in [2.05, 4.69) is 10.3 Å². The summed E-state index contributed by atoms with van der Waals surface area (Å²) < 4.78 is 21.9. The molecule has 0 fully saturated rings. The highest BCUT2D eigenvalue weighted by molar-refractivity contribution is 6.30. The molecule has 0 saturated heterocycles. The van der Waals surface area contributed by atoms with Crippen LogP contribution in [0.3, 0.4) is 0 Å². The molecule has 4 aromatic rings. The highest BCUT2D eigenvalue weighted by atomic mass is 35.5. The van der Waals surface area contributed by atoms with Crippen molar-refractivity contribution in [3.63, 3.8) is 0 Å². The zero-order chi connectivity index (χ0) is 28.4.